The third-order valence-corrected chi connectivity index (χ3v) is 2.94. The maximum Gasteiger partial charge on any atom is 0.158 e. The molecule has 2 aromatic heterocycles. The summed E-state index contributed by atoms with van der Waals surface area (Å²) in [7, 11) is 0. The second-order valence-electron chi connectivity index (χ2n) is 3.81. The number of fused-ring (bicyclic) bond motifs is 1. The Bertz CT molecular complexity index is 710. The standard InChI is InChI=1S/C12H8ClFN4/c13-12-11-10(5-6-15-12)18(17-16-11)7-8-3-1-2-4-9(8)14/h1-6H,7H2. The Balaban J connectivity index is 2.06. The maximum absolute atomic E-state index is 13.6. The van der Waals surface area contributed by atoms with E-state index in [1.54, 1.807) is 35.1 Å². The van der Waals surface area contributed by atoms with Gasteiger partial charge in [-0.3, -0.25) is 0 Å². The SMILES string of the molecule is Fc1ccccc1Cn1nnc2c(Cl)nccc21. The van der Waals surface area contributed by atoms with Crippen molar-refractivity contribution in [3.63, 3.8) is 0 Å². The highest BCUT2D eigenvalue weighted by Gasteiger charge is 2.10. The van der Waals surface area contributed by atoms with E-state index < -0.39 is 0 Å². The second-order valence-corrected chi connectivity index (χ2v) is 4.17. The van der Waals surface area contributed by atoms with Gasteiger partial charge in [0.25, 0.3) is 0 Å². The lowest BCUT2D eigenvalue weighted by Gasteiger charge is -2.03. The van der Waals surface area contributed by atoms with Crippen LogP contribution in [0.1, 0.15) is 5.56 Å². The molecule has 2 heterocycles. The average Bonchev–Trinajstić information content (AvgIpc) is 2.77. The first-order chi connectivity index (χ1) is 8.75. The van der Waals surface area contributed by atoms with Crippen molar-refractivity contribution in [2.75, 3.05) is 0 Å². The highest BCUT2D eigenvalue weighted by atomic mass is 35.5. The summed E-state index contributed by atoms with van der Waals surface area (Å²) in [6, 6.07) is 8.32. The molecule has 0 saturated carbocycles. The molecule has 0 fully saturated rings. The van der Waals surface area contributed by atoms with E-state index in [4.69, 9.17) is 11.6 Å². The highest BCUT2D eigenvalue weighted by molar-refractivity contribution is 6.33. The molecule has 0 radical (unpaired) electrons. The Hall–Kier alpha value is -2.01. The Morgan fingerprint density at radius 2 is 2.06 bits per heavy atom. The average molecular weight is 263 g/mol. The van der Waals surface area contributed by atoms with Gasteiger partial charge in [-0.1, -0.05) is 35.0 Å². The van der Waals surface area contributed by atoms with Crippen molar-refractivity contribution in [1.29, 1.82) is 0 Å². The summed E-state index contributed by atoms with van der Waals surface area (Å²) in [6.07, 6.45) is 1.58. The van der Waals surface area contributed by atoms with Crippen LogP contribution in [0.5, 0.6) is 0 Å². The van der Waals surface area contributed by atoms with Gasteiger partial charge in [0.1, 0.15) is 11.3 Å². The predicted molar refractivity (Wildman–Crippen MR) is 65.8 cm³/mol. The smallest absolute Gasteiger partial charge is 0.158 e. The van der Waals surface area contributed by atoms with Crippen LogP contribution >= 0.6 is 11.6 Å². The normalized spacial score (nSPS) is 11.0. The monoisotopic (exact) mass is 262 g/mol. The van der Waals surface area contributed by atoms with Crippen LogP contribution in [-0.2, 0) is 6.54 Å². The lowest BCUT2D eigenvalue weighted by molar-refractivity contribution is 0.583. The van der Waals surface area contributed by atoms with E-state index in [1.807, 2.05) is 0 Å². The number of nitrogens with zero attached hydrogens (tertiary/aromatic N) is 4. The zero-order chi connectivity index (χ0) is 12.5. The topological polar surface area (TPSA) is 43.6 Å². The summed E-state index contributed by atoms with van der Waals surface area (Å²) < 4.78 is 15.2. The van der Waals surface area contributed by atoms with Crippen LogP contribution < -0.4 is 0 Å². The van der Waals surface area contributed by atoms with Gasteiger partial charge in [-0.25, -0.2) is 14.1 Å². The van der Waals surface area contributed by atoms with Gasteiger partial charge in [-0.05, 0) is 12.1 Å². The van der Waals surface area contributed by atoms with Crippen LogP contribution in [0, 0.1) is 5.82 Å². The van der Waals surface area contributed by atoms with Crippen molar-refractivity contribution in [2.24, 2.45) is 0 Å². The van der Waals surface area contributed by atoms with Gasteiger partial charge in [0.15, 0.2) is 5.15 Å². The van der Waals surface area contributed by atoms with Gasteiger partial charge < -0.3 is 0 Å². The van der Waals surface area contributed by atoms with Crippen LogP contribution in [0.3, 0.4) is 0 Å². The van der Waals surface area contributed by atoms with Gasteiger partial charge in [-0.15, -0.1) is 5.10 Å². The summed E-state index contributed by atoms with van der Waals surface area (Å²) >= 11 is 5.90. The Morgan fingerprint density at radius 1 is 1.22 bits per heavy atom. The van der Waals surface area contributed by atoms with Crippen LogP contribution in [0.4, 0.5) is 4.39 Å². The number of pyridine rings is 1. The minimum Gasteiger partial charge on any atom is -0.242 e. The lowest BCUT2D eigenvalue weighted by Crippen LogP contribution is -2.03. The molecular formula is C12H8ClFN4. The van der Waals surface area contributed by atoms with Gasteiger partial charge >= 0.3 is 0 Å². The first kappa shape index (κ1) is 11.1. The molecule has 18 heavy (non-hydrogen) atoms. The van der Waals surface area contributed by atoms with Crippen molar-refractivity contribution < 1.29 is 4.39 Å². The van der Waals surface area contributed by atoms with Crippen LogP contribution in [-0.4, -0.2) is 20.0 Å². The number of rotatable bonds is 2. The fourth-order valence-electron chi connectivity index (χ4n) is 1.77. The first-order valence-corrected chi connectivity index (χ1v) is 5.70. The molecule has 90 valence electrons. The molecule has 0 bridgehead atoms. The molecule has 0 unspecified atom stereocenters. The van der Waals surface area contributed by atoms with E-state index >= 15 is 0 Å². The lowest BCUT2D eigenvalue weighted by atomic mass is 10.2. The zero-order valence-corrected chi connectivity index (χ0v) is 9.97. The van der Waals surface area contributed by atoms with E-state index in [9.17, 15) is 4.39 Å². The summed E-state index contributed by atoms with van der Waals surface area (Å²) in [5.41, 5.74) is 1.81. The van der Waals surface area contributed by atoms with Crippen LogP contribution in [0.15, 0.2) is 36.5 Å². The second kappa shape index (κ2) is 4.34. The largest absolute Gasteiger partial charge is 0.242 e. The van der Waals surface area contributed by atoms with Crippen molar-refractivity contribution in [3.05, 3.63) is 53.1 Å². The molecule has 0 N–H and O–H groups in total. The van der Waals surface area contributed by atoms with Crippen LogP contribution in [0.25, 0.3) is 11.0 Å². The molecule has 0 saturated heterocycles. The highest BCUT2D eigenvalue weighted by Crippen LogP contribution is 2.19. The minimum absolute atomic E-state index is 0.263. The molecule has 0 spiro atoms. The molecule has 0 amide bonds. The van der Waals surface area contributed by atoms with E-state index in [1.165, 1.54) is 6.07 Å². The van der Waals surface area contributed by atoms with E-state index in [-0.39, 0.29) is 5.82 Å². The number of aromatic nitrogens is 4. The molecule has 3 aromatic rings. The molecule has 0 aliphatic rings. The summed E-state index contributed by atoms with van der Waals surface area (Å²) in [6.45, 7) is 0.309. The Morgan fingerprint density at radius 3 is 2.89 bits per heavy atom. The Kier molecular flexibility index (Phi) is 2.68. The van der Waals surface area contributed by atoms with E-state index in [0.29, 0.717) is 22.8 Å². The van der Waals surface area contributed by atoms with Gasteiger partial charge in [-0.2, -0.15) is 0 Å². The van der Waals surface area contributed by atoms with Crippen molar-refractivity contribution >= 4 is 22.6 Å². The fraction of sp³-hybridized carbons (Fsp3) is 0.0833. The molecule has 0 atom stereocenters. The van der Waals surface area contributed by atoms with E-state index in [2.05, 4.69) is 15.3 Å². The zero-order valence-electron chi connectivity index (χ0n) is 9.22. The molecule has 1 aromatic carbocycles. The fourth-order valence-corrected chi connectivity index (χ4v) is 1.96. The molecule has 0 aliphatic carbocycles. The molecular weight excluding hydrogens is 255 g/mol. The van der Waals surface area contributed by atoms with Gasteiger partial charge in [0.05, 0.1) is 12.1 Å². The Labute approximate surface area is 107 Å². The number of halogens is 2. The summed E-state index contributed by atoms with van der Waals surface area (Å²) in [5.74, 6) is -0.263. The van der Waals surface area contributed by atoms with Crippen molar-refractivity contribution in [1.82, 2.24) is 20.0 Å². The molecule has 6 heteroatoms. The number of hydrogen-bond donors (Lipinski definition) is 0. The molecule has 4 nitrogen and oxygen atoms in total. The van der Waals surface area contributed by atoms with Crippen LogP contribution in [0.2, 0.25) is 5.15 Å². The third-order valence-electron chi connectivity index (χ3n) is 2.67. The van der Waals surface area contributed by atoms with Gasteiger partial charge in [0, 0.05) is 11.8 Å². The third kappa shape index (κ3) is 1.82. The minimum atomic E-state index is -0.263. The van der Waals surface area contributed by atoms with Crippen molar-refractivity contribution in [3.8, 4) is 0 Å². The summed E-state index contributed by atoms with van der Waals surface area (Å²) in [4.78, 5) is 3.92. The molecule has 3 rings (SSSR count). The maximum atomic E-state index is 13.6. The van der Waals surface area contributed by atoms with Crippen molar-refractivity contribution in [2.45, 2.75) is 6.54 Å². The van der Waals surface area contributed by atoms with Gasteiger partial charge in [0.2, 0.25) is 0 Å². The van der Waals surface area contributed by atoms with E-state index in [0.717, 1.165) is 5.52 Å². The molecule has 0 aliphatic heterocycles. The summed E-state index contributed by atoms with van der Waals surface area (Å²) in [5, 5.41) is 8.21. The first-order valence-electron chi connectivity index (χ1n) is 5.33. The predicted octanol–water partition coefficient (Wildman–Crippen LogP) is 2.67. The quantitative estimate of drug-likeness (QED) is 0.667. The number of hydrogen-bond acceptors (Lipinski definition) is 3. The number of benzene rings is 1.